The predicted octanol–water partition coefficient (Wildman–Crippen LogP) is 4.31. The van der Waals surface area contributed by atoms with Gasteiger partial charge >= 0.3 is 0 Å². The molecule has 6 heteroatoms. The summed E-state index contributed by atoms with van der Waals surface area (Å²) < 4.78 is 5.66. The average molecular weight is 412 g/mol. The number of rotatable bonds is 8. The Balaban J connectivity index is 1.63. The Hall–Kier alpha value is -2.34. The summed E-state index contributed by atoms with van der Waals surface area (Å²) in [6, 6.07) is 9.38. The molecule has 2 N–H and O–H groups in total. The van der Waals surface area contributed by atoms with Crippen LogP contribution in [0.4, 0.5) is 0 Å². The normalized spacial score (nSPS) is 15.6. The Bertz CT molecular complexity index is 803. The summed E-state index contributed by atoms with van der Waals surface area (Å²) in [5.41, 5.74) is 3.58. The zero-order chi connectivity index (χ0) is 21.3. The number of aromatic nitrogens is 1. The number of nitrogens with zero attached hydrogens (tertiary/aromatic N) is 3. The summed E-state index contributed by atoms with van der Waals surface area (Å²) in [6.45, 7) is 8.93. The van der Waals surface area contributed by atoms with Crippen LogP contribution in [0.25, 0.3) is 0 Å². The van der Waals surface area contributed by atoms with E-state index in [4.69, 9.17) is 9.41 Å². The van der Waals surface area contributed by atoms with Gasteiger partial charge in [-0.1, -0.05) is 43.5 Å². The first-order valence-electron chi connectivity index (χ1n) is 11.3. The van der Waals surface area contributed by atoms with E-state index in [1.54, 1.807) is 0 Å². The first-order chi connectivity index (χ1) is 14.6. The maximum atomic E-state index is 5.66. The fourth-order valence-electron chi connectivity index (χ4n) is 4.07. The van der Waals surface area contributed by atoms with Crippen LogP contribution in [-0.4, -0.2) is 35.5 Å². The minimum Gasteiger partial charge on any atom is -0.444 e. The van der Waals surface area contributed by atoms with Crippen molar-refractivity contribution in [1.82, 2.24) is 20.5 Å². The zero-order valence-corrected chi connectivity index (χ0v) is 19.0. The lowest BCUT2D eigenvalue weighted by Crippen LogP contribution is -2.37. The molecule has 0 atom stereocenters. The molecule has 0 spiro atoms. The van der Waals surface area contributed by atoms with Crippen LogP contribution in [0.2, 0.25) is 0 Å². The Kier molecular flexibility index (Phi) is 8.31. The minimum absolute atomic E-state index is 0.520. The lowest BCUT2D eigenvalue weighted by Gasteiger charge is -2.31. The van der Waals surface area contributed by atoms with E-state index in [-0.39, 0.29) is 0 Å². The molecule has 164 valence electrons. The average Bonchev–Trinajstić information content (AvgIpc) is 3.09. The second kappa shape index (κ2) is 11.2. The molecule has 3 rings (SSSR count). The number of aliphatic imine (C=N–C) groups is 1. The fraction of sp³-hybridized carbons (Fsp3) is 0.583. The van der Waals surface area contributed by atoms with Crippen molar-refractivity contribution in [2.75, 3.05) is 13.6 Å². The Morgan fingerprint density at radius 2 is 1.87 bits per heavy atom. The molecule has 0 radical (unpaired) electrons. The molecule has 0 amide bonds. The molecule has 0 aliphatic heterocycles. The van der Waals surface area contributed by atoms with Gasteiger partial charge in [-0.15, -0.1) is 0 Å². The maximum Gasteiger partial charge on any atom is 0.214 e. The van der Waals surface area contributed by atoms with Gasteiger partial charge in [-0.25, -0.2) is 9.98 Å². The SMILES string of the molecule is CCNC(=NCc1ccccc1CN(C)C1CCCCC1)NCc1nc(C)c(C)o1. The lowest BCUT2D eigenvalue weighted by atomic mass is 9.94. The molecule has 2 aromatic rings. The van der Waals surface area contributed by atoms with Crippen LogP contribution in [0, 0.1) is 13.8 Å². The first-order valence-corrected chi connectivity index (χ1v) is 11.3. The van der Waals surface area contributed by atoms with Gasteiger partial charge in [0.25, 0.3) is 0 Å². The van der Waals surface area contributed by atoms with Gasteiger partial charge in [0.15, 0.2) is 5.96 Å². The molecule has 0 unspecified atom stereocenters. The van der Waals surface area contributed by atoms with Crippen LogP contribution in [-0.2, 0) is 19.6 Å². The predicted molar refractivity (Wildman–Crippen MR) is 122 cm³/mol. The number of hydrogen-bond donors (Lipinski definition) is 2. The zero-order valence-electron chi connectivity index (χ0n) is 19.0. The summed E-state index contributed by atoms with van der Waals surface area (Å²) >= 11 is 0. The molecular weight excluding hydrogens is 374 g/mol. The largest absolute Gasteiger partial charge is 0.444 e. The van der Waals surface area contributed by atoms with Gasteiger partial charge in [0.1, 0.15) is 5.76 Å². The number of guanidine groups is 1. The Morgan fingerprint density at radius 3 is 2.53 bits per heavy atom. The molecule has 30 heavy (non-hydrogen) atoms. The van der Waals surface area contributed by atoms with Gasteiger partial charge in [0.2, 0.25) is 5.89 Å². The van der Waals surface area contributed by atoms with Crippen molar-refractivity contribution in [2.45, 2.75) is 78.6 Å². The highest BCUT2D eigenvalue weighted by Crippen LogP contribution is 2.23. The summed E-state index contributed by atoms with van der Waals surface area (Å²) in [5.74, 6) is 2.33. The number of hydrogen-bond acceptors (Lipinski definition) is 4. The van der Waals surface area contributed by atoms with Crippen LogP contribution in [0.5, 0.6) is 0 Å². The summed E-state index contributed by atoms with van der Waals surface area (Å²) in [4.78, 5) is 11.8. The smallest absolute Gasteiger partial charge is 0.214 e. The molecule has 1 heterocycles. The molecule has 1 aromatic carbocycles. The molecule has 1 aliphatic rings. The van der Waals surface area contributed by atoms with Crippen LogP contribution in [0.3, 0.4) is 0 Å². The fourth-order valence-corrected chi connectivity index (χ4v) is 4.07. The van der Waals surface area contributed by atoms with Crippen molar-refractivity contribution in [3.8, 4) is 0 Å². The van der Waals surface area contributed by atoms with Gasteiger partial charge in [-0.05, 0) is 51.8 Å². The van der Waals surface area contributed by atoms with E-state index in [1.165, 1.54) is 43.2 Å². The van der Waals surface area contributed by atoms with Crippen LogP contribution < -0.4 is 10.6 Å². The topological polar surface area (TPSA) is 65.7 Å². The molecule has 1 aliphatic carbocycles. The van der Waals surface area contributed by atoms with Crippen molar-refractivity contribution in [3.63, 3.8) is 0 Å². The highest BCUT2D eigenvalue weighted by atomic mass is 16.4. The van der Waals surface area contributed by atoms with E-state index in [9.17, 15) is 0 Å². The third-order valence-electron chi connectivity index (χ3n) is 5.97. The second-order valence-corrected chi connectivity index (χ2v) is 8.27. The van der Waals surface area contributed by atoms with Crippen LogP contribution >= 0.6 is 0 Å². The third kappa shape index (κ3) is 6.33. The Labute approximate surface area is 181 Å². The number of benzene rings is 1. The van der Waals surface area contributed by atoms with Gasteiger partial charge in [0.05, 0.1) is 18.8 Å². The second-order valence-electron chi connectivity index (χ2n) is 8.27. The molecule has 6 nitrogen and oxygen atoms in total. The van der Waals surface area contributed by atoms with Crippen LogP contribution in [0.15, 0.2) is 33.7 Å². The standard InChI is InChI=1S/C24H37N5O/c1-5-25-24(27-16-23-28-18(2)19(3)30-23)26-15-20-11-9-10-12-21(20)17-29(4)22-13-7-6-8-14-22/h9-12,22H,5-8,13-17H2,1-4H3,(H2,25,26,27). The minimum atomic E-state index is 0.520. The quantitative estimate of drug-likeness (QED) is 0.500. The molecular formula is C24H37N5O. The van der Waals surface area contributed by atoms with Gasteiger partial charge in [0, 0.05) is 19.1 Å². The van der Waals surface area contributed by atoms with Crippen molar-refractivity contribution in [3.05, 3.63) is 52.7 Å². The van der Waals surface area contributed by atoms with Crippen molar-refractivity contribution in [1.29, 1.82) is 0 Å². The first kappa shape index (κ1) is 22.3. The molecule has 0 bridgehead atoms. The maximum absolute atomic E-state index is 5.66. The molecule has 0 saturated heterocycles. The third-order valence-corrected chi connectivity index (χ3v) is 5.97. The van der Waals surface area contributed by atoms with E-state index in [0.717, 1.165) is 30.5 Å². The van der Waals surface area contributed by atoms with Crippen LogP contribution in [0.1, 0.15) is 67.5 Å². The van der Waals surface area contributed by atoms with Gasteiger partial charge in [-0.3, -0.25) is 4.90 Å². The summed E-state index contributed by atoms with van der Waals surface area (Å²) in [5, 5.41) is 6.65. The van der Waals surface area contributed by atoms with Gasteiger partial charge in [-0.2, -0.15) is 0 Å². The van der Waals surface area contributed by atoms with E-state index in [1.807, 2.05) is 13.8 Å². The number of nitrogens with one attached hydrogen (secondary N) is 2. The monoisotopic (exact) mass is 411 g/mol. The highest BCUT2D eigenvalue weighted by Gasteiger charge is 2.18. The molecule has 1 saturated carbocycles. The Morgan fingerprint density at radius 1 is 1.13 bits per heavy atom. The van der Waals surface area contributed by atoms with E-state index in [2.05, 4.69) is 58.8 Å². The molecule has 1 fully saturated rings. The highest BCUT2D eigenvalue weighted by molar-refractivity contribution is 5.79. The summed E-state index contributed by atoms with van der Waals surface area (Å²) in [6.07, 6.45) is 6.77. The van der Waals surface area contributed by atoms with Crippen molar-refractivity contribution in [2.24, 2.45) is 4.99 Å². The van der Waals surface area contributed by atoms with E-state index >= 15 is 0 Å². The van der Waals surface area contributed by atoms with Crippen molar-refractivity contribution >= 4 is 5.96 Å². The lowest BCUT2D eigenvalue weighted by molar-refractivity contribution is 0.184. The number of oxazole rings is 1. The number of aryl methyl sites for hydroxylation is 2. The van der Waals surface area contributed by atoms with E-state index in [0.29, 0.717) is 25.0 Å². The molecule has 1 aromatic heterocycles. The van der Waals surface area contributed by atoms with Gasteiger partial charge < -0.3 is 15.1 Å². The van der Waals surface area contributed by atoms with Crippen molar-refractivity contribution < 1.29 is 4.42 Å². The van der Waals surface area contributed by atoms with E-state index < -0.39 is 0 Å². The summed E-state index contributed by atoms with van der Waals surface area (Å²) in [7, 11) is 2.27.